The van der Waals surface area contributed by atoms with Gasteiger partial charge in [0.2, 0.25) is 0 Å². The highest BCUT2D eigenvalue weighted by Gasteiger charge is 2.35. The minimum atomic E-state index is -0.195. The minimum Gasteiger partial charge on any atom is -0.361 e. The SMILES string of the molecule is CN(C)C1(Cc2ccccc2)CC=C(c2[nH]c3ccc(F)cc3c2CCn2cnc3ccccc32)CC1.c1ccc2[nH]ccc2c1. The summed E-state index contributed by atoms with van der Waals surface area (Å²) >= 11 is 0. The van der Waals surface area contributed by atoms with Crippen molar-refractivity contribution in [2.45, 2.75) is 44.2 Å². The molecule has 0 amide bonds. The number of nitrogens with zero attached hydrogens (tertiary/aromatic N) is 3. The Morgan fingerprint density at radius 2 is 1.70 bits per heavy atom. The van der Waals surface area contributed by atoms with E-state index >= 15 is 0 Å². The topological polar surface area (TPSA) is 52.6 Å². The lowest BCUT2D eigenvalue weighted by Gasteiger charge is -2.42. The highest BCUT2D eigenvalue weighted by molar-refractivity contribution is 5.89. The van der Waals surface area contributed by atoms with Crippen LogP contribution in [0.5, 0.6) is 0 Å². The van der Waals surface area contributed by atoms with Crippen molar-refractivity contribution >= 4 is 38.4 Å². The lowest BCUT2D eigenvalue weighted by Crippen LogP contribution is -2.47. The van der Waals surface area contributed by atoms with Crippen molar-refractivity contribution in [1.29, 1.82) is 0 Å². The number of halogens is 1. The Bertz CT molecular complexity index is 2090. The third-order valence-corrected chi connectivity index (χ3v) is 9.69. The molecule has 1 atom stereocenters. The number of fused-ring (bicyclic) bond motifs is 3. The monoisotopic (exact) mass is 609 g/mol. The van der Waals surface area contributed by atoms with Crippen LogP contribution >= 0.6 is 0 Å². The Labute approximate surface area is 269 Å². The normalized spacial score (nSPS) is 16.6. The number of likely N-dealkylation sites (N-methyl/N-ethyl adjacent to an activating group) is 1. The van der Waals surface area contributed by atoms with Gasteiger partial charge >= 0.3 is 0 Å². The van der Waals surface area contributed by atoms with Crippen molar-refractivity contribution in [3.8, 4) is 0 Å². The number of benzene rings is 4. The zero-order chi connectivity index (χ0) is 31.5. The van der Waals surface area contributed by atoms with E-state index in [0.29, 0.717) is 0 Å². The predicted molar refractivity (Wildman–Crippen MR) is 188 cm³/mol. The number of H-pyrrole nitrogens is 2. The zero-order valence-electron chi connectivity index (χ0n) is 26.5. The van der Waals surface area contributed by atoms with Gasteiger partial charge in [0.1, 0.15) is 5.82 Å². The number of allylic oxidation sites excluding steroid dienone is 1. The molecule has 0 saturated carbocycles. The van der Waals surface area contributed by atoms with Crippen molar-refractivity contribution < 1.29 is 4.39 Å². The number of hydrogen-bond acceptors (Lipinski definition) is 2. The second-order valence-corrected chi connectivity index (χ2v) is 12.6. The lowest BCUT2D eigenvalue weighted by molar-refractivity contribution is 0.138. The number of aromatic nitrogens is 4. The van der Waals surface area contributed by atoms with E-state index in [9.17, 15) is 4.39 Å². The summed E-state index contributed by atoms with van der Waals surface area (Å²) < 4.78 is 16.5. The van der Waals surface area contributed by atoms with Crippen LogP contribution in [0.25, 0.3) is 38.4 Å². The maximum absolute atomic E-state index is 14.3. The van der Waals surface area contributed by atoms with E-state index in [1.165, 1.54) is 27.6 Å². The minimum absolute atomic E-state index is 0.0961. The number of aromatic amines is 2. The van der Waals surface area contributed by atoms with Crippen molar-refractivity contribution in [1.82, 2.24) is 24.4 Å². The van der Waals surface area contributed by atoms with E-state index in [1.54, 1.807) is 12.1 Å². The summed E-state index contributed by atoms with van der Waals surface area (Å²) in [4.78, 5) is 13.7. The van der Waals surface area contributed by atoms with Gasteiger partial charge in [-0.2, -0.15) is 0 Å². The molecule has 0 bridgehead atoms. The summed E-state index contributed by atoms with van der Waals surface area (Å²) in [6.45, 7) is 0.792. The first-order valence-corrected chi connectivity index (χ1v) is 16.1. The van der Waals surface area contributed by atoms with Crippen LogP contribution in [0.15, 0.2) is 122 Å². The standard InChI is InChI=1S/C32H33FN4.C8H7N/c1-36(2)32(21-23-8-4-3-5-9-23)17-14-24(15-18-32)31-26(27-20-25(33)12-13-28(27)35-31)16-19-37-22-34-29-10-6-7-11-30(29)37;1-2-4-8-7(3-1)5-6-9-8/h3-14,20,22,35H,15-19,21H2,1-2H3;1-6,9H. The molecule has 4 aromatic carbocycles. The Morgan fingerprint density at radius 1 is 0.891 bits per heavy atom. The fraction of sp³-hybridized carbons (Fsp3) is 0.225. The molecule has 46 heavy (non-hydrogen) atoms. The van der Waals surface area contributed by atoms with Crippen LogP contribution in [0.4, 0.5) is 4.39 Å². The van der Waals surface area contributed by atoms with E-state index in [2.05, 4.69) is 99.2 Å². The van der Waals surface area contributed by atoms with Gasteiger partial charge in [0.25, 0.3) is 0 Å². The number of hydrogen-bond donors (Lipinski definition) is 2. The van der Waals surface area contributed by atoms with Crippen LogP contribution in [0.3, 0.4) is 0 Å². The number of imidazole rings is 1. The average Bonchev–Trinajstić information content (AvgIpc) is 3.82. The second-order valence-electron chi connectivity index (χ2n) is 12.6. The van der Waals surface area contributed by atoms with Gasteiger partial charge in [-0.1, -0.05) is 66.7 Å². The highest BCUT2D eigenvalue weighted by Crippen LogP contribution is 2.40. The summed E-state index contributed by atoms with van der Waals surface area (Å²) in [5.74, 6) is -0.195. The molecule has 1 aliphatic rings. The molecule has 0 fully saturated rings. The summed E-state index contributed by atoms with van der Waals surface area (Å²) in [5, 5.41) is 2.26. The molecule has 0 spiro atoms. The first kappa shape index (κ1) is 29.8. The molecular formula is C40H40FN5. The average molecular weight is 610 g/mol. The first-order chi connectivity index (χ1) is 22.5. The van der Waals surface area contributed by atoms with E-state index in [0.717, 1.165) is 66.3 Å². The molecule has 6 heteroatoms. The van der Waals surface area contributed by atoms with E-state index < -0.39 is 0 Å². The van der Waals surface area contributed by atoms with Crippen LogP contribution in [-0.4, -0.2) is 44.1 Å². The van der Waals surface area contributed by atoms with E-state index in [-0.39, 0.29) is 11.4 Å². The Balaban J connectivity index is 0.000000321. The number of aryl methyl sites for hydroxylation is 2. The smallest absolute Gasteiger partial charge is 0.123 e. The summed E-state index contributed by atoms with van der Waals surface area (Å²) in [5.41, 5.74) is 9.50. The summed E-state index contributed by atoms with van der Waals surface area (Å²) in [6, 6.07) is 34.4. The lowest BCUT2D eigenvalue weighted by atomic mass is 9.76. The quantitative estimate of drug-likeness (QED) is 0.189. The fourth-order valence-corrected chi connectivity index (χ4v) is 6.98. The van der Waals surface area contributed by atoms with Gasteiger partial charge in [-0.15, -0.1) is 0 Å². The van der Waals surface area contributed by atoms with Gasteiger partial charge in [0, 0.05) is 40.4 Å². The predicted octanol–water partition coefficient (Wildman–Crippen LogP) is 9.18. The Hall–Kier alpha value is -4.94. The third kappa shape index (κ3) is 6.01. The van der Waals surface area contributed by atoms with Crippen LogP contribution < -0.4 is 0 Å². The Morgan fingerprint density at radius 3 is 2.50 bits per heavy atom. The fourth-order valence-electron chi connectivity index (χ4n) is 6.98. The number of nitrogens with one attached hydrogen (secondary N) is 2. The molecule has 0 saturated heterocycles. The van der Waals surface area contributed by atoms with Crippen LogP contribution in [0.2, 0.25) is 0 Å². The van der Waals surface area contributed by atoms with Gasteiger partial charge in [0.05, 0.1) is 17.4 Å². The van der Waals surface area contributed by atoms with Crippen molar-refractivity contribution in [3.63, 3.8) is 0 Å². The van der Waals surface area contributed by atoms with Crippen LogP contribution in [0.1, 0.15) is 36.1 Å². The zero-order valence-corrected chi connectivity index (χ0v) is 26.5. The molecular weight excluding hydrogens is 569 g/mol. The third-order valence-electron chi connectivity index (χ3n) is 9.69. The maximum Gasteiger partial charge on any atom is 0.123 e. The highest BCUT2D eigenvalue weighted by atomic mass is 19.1. The largest absolute Gasteiger partial charge is 0.361 e. The van der Waals surface area contributed by atoms with Gasteiger partial charge in [0.15, 0.2) is 0 Å². The van der Waals surface area contributed by atoms with Crippen molar-refractivity contribution in [3.05, 3.63) is 144 Å². The maximum atomic E-state index is 14.3. The summed E-state index contributed by atoms with van der Waals surface area (Å²) in [7, 11) is 4.41. The molecule has 3 heterocycles. The van der Waals surface area contributed by atoms with Crippen LogP contribution in [-0.2, 0) is 19.4 Å². The molecule has 1 unspecified atom stereocenters. The van der Waals surface area contributed by atoms with Gasteiger partial charge in [-0.05, 0) is 111 Å². The number of para-hydroxylation sites is 3. The van der Waals surface area contributed by atoms with Crippen LogP contribution in [0, 0.1) is 5.82 Å². The molecule has 8 rings (SSSR count). The Kier molecular flexibility index (Phi) is 8.29. The number of rotatable bonds is 7. The molecule has 2 N–H and O–H groups in total. The second kappa shape index (κ2) is 12.8. The van der Waals surface area contributed by atoms with Gasteiger partial charge < -0.3 is 19.4 Å². The first-order valence-electron chi connectivity index (χ1n) is 16.1. The van der Waals surface area contributed by atoms with Gasteiger partial charge in [-0.25, -0.2) is 9.37 Å². The molecule has 0 aliphatic heterocycles. The van der Waals surface area contributed by atoms with Crippen molar-refractivity contribution in [2.24, 2.45) is 0 Å². The molecule has 0 radical (unpaired) electrons. The molecule has 5 nitrogen and oxygen atoms in total. The molecule has 232 valence electrons. The summed E-state index contributed by atoms with van der Waals surface area (Å²) in [6.07, 6.45) is 11.2. The molecule has 7 aromatic rings. The molecule has 1 aliphatic carbocycles. The van der Waals surface area contributed by atoms with E-state index in [4.69, 9.17) is 0 Å². The molecule has 3 aromatic heterocycles. The van der Waals surface area contributed by atoms with Gasteiger partial charge in [-0.3, -0.25) is 0 Å². The van der Waals surface area contributed by atoms with E-state index in [1.807, 2.05) is 48.9 Å². The van der Waals surface area contributed by atoms with Crippen molar-refractivity contribution in [2.75, 3.05) is 14.1 Å².